The third-order valence-electron chi connectivity index (χ3n) is 3.31. The van der Waals surface area contributed by atoms with Crippen LogP contribution >= 0.6 is 12.4 Å². The maximum atomic E-state index is 13.1. The molecule has 2 N–H and O–H groups in total. The fourth-order valence-electron chi connectivity index (χ4n) is 2.28. The average Bonchev–Trinajstić information content (AvgIpc) is 2.79. The first kappa shape index (κ1) is 16.4. The standard InChI is InChI=1S/C14H12F2N2O3.ClH/c15-14(16)6-10(17-7-14)13(20)18-9-2-3-11-8(5-9)1-4-12(19)21-11;/h1-5,10,17H,6-7H2,(H,18,20);1H. The van der Waals surface area contributed by atoms with E-state index >= 15 is 0 Å². The minimum absolute atomic E-state index is 0. The SMILES string of the molecule is Cl.O=C(Nc1ccc2oc(=O)ccc2c1)C1CC(F)(F)CN1. The van der Waals surface area contributed by atoms with Gasteiger partial charge in [0.05, 0.1) is 12.6 Å². The van der Waals surface area contributed by atoms with E-state index in [0.717, 1.165) is 0 Å². The number of hydrogen-bond acceptors (Lipinski definition) is 4. The second kappa shape index (κ2) is 6.02. The molecule has 1 unspecified atom stereocenters. The Kier molecular flexibility index (Phi) is 4.48. The van der Waals surface area contributed by atoms with Gasteiger partial charge in [-0.1, -0.05) is 0 Å². The van der Waals surface area contributed by atoms with Crippen molar-refractivity contribution in [3.63, 3.8) is 0 Å². The highest BCUT2D eigenvalue weighted by molar-refractivity contribution is 5.96. The molecule has 8 heteroatoms. The van der Waals surface area contributed by atoms with Gasteiger partial charge >= 0.3 is 5.63 Å². The molecule has 22 heavy (non-hydrogen) atoms. The van der Waals surface area contributed by atoms with Crippen molar-refractivity contribution in [1.29, 1.82) is 0 Å². The van der Waals surface area contributed by atoms with Crippen molar-refractivity contribution in [2.75, 3.05) is 11.9 Å². The Morgan fingerprint density at radius 1 is 1.32 bits per heavy atom. The van der Waals surface area contributed by atoms with Gasteiger partial charge < -0.3 is 9.73 Å². The molecule has 2 aromatic rings. The van der Waals surface area contributed by atoms with Crippen LogP contribution in [-0.4, -0.2) is 24.4 Å². The summed E-state index contributed by atoms with van der Waals surface area (Å²) >= 11 is 0. The summed E-state index contributed by atoms with van der Waals surface area (Å²) in [6.07, 6.45) is -0.513. The van der Waals surface area contributed by atoms with Crippen LogP contribution in [0.2, 0.25) is 0 Å². The lowest BCUT2D eigenvalue weighted by atomic mass is 10.1. The number of carbonyl (C=O) groups excluding carboxylic acids is 1. The first-order valence-corrected chi connectivity index (χ1v) is 6.39. The highest BCUT2D eigenvalue weighted by Gasteiger charge is 2.42. The minimum Gasteiger partial charge on any atom is -0.423 e. The highest BCUT2D eigenvalue weighted by Crippen LogP contribution is 2.26. The molecule has 118 valence electrons. The Morgan fingerprint density at radius 3 is 2.77 bits per heavy atom. The number of hydrogen-bond donors (Lipinski definition) is 2. The van der Waals surface area contributed by atoms with E-state index in [4.69, 9.17) is 4.42 Å². The molecule has 0 radical (unpaired) electrons. The van der Waals surface area contributed by atoms with E-state index in [-0.39, 0.29) is 12.4 Å². The number of carbonyl (C=O) groups is 1. The predicted molar refractivity (Wildman–Crippen MR) is 79.7 cm³/mol. The molecule has 2 heterocycles. The summed E-state index contributed by atoms with van der Waals surface area (Å²) in [4.78, 5) is 23.0. The molecular weight excluding hydrogens is 318 g/mol. The topological polar surface area (TPSA) is 71.3 Å². The van der Waals surface area contributed by atoms with Crippen molar-refractivity contribution in [3.05, 3.63) is 40.8 Å². The van der Waals surface area contributed by atoms with Crippen molar-refractivity contribution >= 4 is 35.0 Å². The van der Waals surface area contributed by atoms with Crippen molar-refractivity contribution in [2.24, 2.45) is 0 Å². The van der Waals surface area contributed by atoms with Crippen LogP contribution in [0, 0.1) is 0 Å². The largest absolute Gasteiger partial charge is 0.423 e. The average molecular weight is 331 g/mol. The predicted octanol–water partition coefficient (Wildman–Crippen LogP) is 2.15. The number of fused-ring (bicyclic) bond motifs is 1. The molecule has 0 bridgehead atoms. The zero-order valence-corrected chi connectivity index (χ0v) is 12.1. The second-order valence-electron chi connectivity index (χ2n) is 4.99. The molecular formula is C14H13ClF2N2O3. The van der Waals surface area contributed by atoms with Gasteiger partial charge in [0.1, 0.15) is 5.58 Å². The zero-order valence-electron chi connectivity index (χ0n) is 11.3. The molecule has 1 aromatic carbocycles. The maximum absolute atomic E-state index is 13.1. The lowest BCUT2D eigenvalue weighted by Gasteiger charge is -2.11. The Balaban J connectivity index is 0.00000176. The lowest BCUT2D eigenvalue weighted by molar-refractivity contribution is -0.118. The van der Waals surface area contributed by atoms with Gasteiger partial charge in [-0.25, -0.2) is 13.6 Å². The zero-order chi connectivity index (χ0) is 15.0. The normalized spacial score (nSPS) is 19.6. The number of alkyl halides is 2. The van der Waals surface area contributed by atoms with Gasteiger partial charge in [0.15, 0.2) is 0 Å². The molecule has 0 spiro atoms. The van der Waals surface area contributed by atoms with E-state index < -0.39 is 36.5 Å². The molecule has 3 rings (SSSR count). The van der Waals surface area contributed by atoms with Crippen LogP contribution in [0.4, 0.5) is 14.5 Å². The monoisotopic (exact) mass is 330 g/mol. The highest BCUT2D eigenvalue weighted by atomic mass is 35.5. The smallest absolute Gasteiger partial charge is 0.336 e. The van der Waals surface area contributed by atoms with Gasteiger partial charge in [0.25, 0.3) is 5.92 Å². The summed E-state index contributed by atoms with van der Waals surface area (Å²) in [5.74, 6) is -3.36. The number of amides is 1. The Labute approximate surface area is 130 Å². The molecule has 5 nitrogen and oxygen atoms in total. The second-order valence-corrected chi connectivity index (χ2v) is 4.99. The molecule has 1 aromatic heterocycles. The summed E-state index contributed by atoms with van der Waals surface area (Å²) in [6.45, 7) is -0.492. The quantitative estimate of drug-likeness (QED) is 0.828. The molecule has 1 aliphatic heterocycles. The van der Waals surface area contributed by atoms with Crippen LogP contribution in [0.5, 0.6) is 0 Å². The van der Waals surface area contributed by atoms with Crippen LogP contribution in [0.15, 0.2) is 39.5 Å². The van der Waals surface area contributed by atoms with E-state index in [1.807, 2.05) is 0 Å². The van der Waals surface area contributed by atoms with Crippen LogP contribution in [0.1, 0.15) is 6.42 Å². The maximum Gasteiger partial charge on any atom is 0.336 e. The van der Waals surface area contributed by atoms with E-state index in [2.05, 4.69) is 10.6 Å². The molecule has 1 aliphatic rings. The van der Waals surface area contributed by atoms with Gasteiger partial charge in [-0.2, -0.15) is 0 Å². The van der Waals surface area contributed by atoms with Gasteiger partial charge in [-0.3, -0.25) is 10.1 Å². The molecule has 0 saturated carbocycles. The van der Waals surface area contributed by atoms with Crippen molar-refractivity contribution in [2.45, 2.75) is 18.4 Å². The number of benzene rings is 1. The van der Waals surface area contributed by atoms with Crippen LogP contribution in [0.3, 0.4) is 0 Å². The van der Waals surface area contributed by atoms with Crippen LogP contribution < -0.4 is 16.3 Å². The van der Waals surface area contributed by atoms with Crippen molar-refractivity contribution in [1.82, 2.24) is 5.32 Å². The first-order chi connectivity index (χ1) is 9.93. The van der Waals surface area contributed by atoms with Crippen LogP contribution in [-0.2, 0) is 4.79 Å². The van der Waals surface area contributed by atoms with E-state index in [9.17, 15) is 18.4 Å². The Hall–Kier alpha value is -1.99. The number of nitrogens with one attached hydrogen (secondary N) is 2. The van der Waals surface area contributed by atoms with Crippen molar-refractivity contribution in [3.8, 4) is 0 Å². The summed E-state index contributed by atoms with van der Waals surface area (Å²) in [7, 11) is 0. The summed E-state index contributed by atoms with van der Waals surface area (Å²) in [6, 6.07) is 6.64. The first-order valence-electron chi connectivity index (χ1n) is 6.39. The Morgan fingerprint density at radius 2 is 2.09 bits per heavy atom. The third-order valence-corrected chi connectivity index (χ3v) is 3.31. The molecule has 1 amide bonds. The summed E-state index contributed by atoms with van der Waals surface area (Å²) in [5, 5.41) is 5.70. The summed E-state index contributed by atoms with van der Waals surface area (Å²) < 4.78 is 31.1. The van der Waals surface area contributed by atoms with E-state index in [1.165, 1.54) is 6.07 Å². The van der Waals surface area contributed by atoms with Gasteiger partial charge in [-0.15, -0.1) is 12.4 Å². The Bertz CT molecular complexity index is 763. The van der Waals surface area contributed by atoms with Crippen LogP contribution in [0.25, 0.3) is 11.0 Å². The minimum atomic E-state index is -2.85. The molecule has 0 aliphatic carbocycles. The third kappa shape index (κ3) is 3.42. The fraction of sp³-hybridized carbons (Fsp3) is 0.286. The van der Waals surface area contributed by atoms with Gasteiger partial charge in [-0.05, 0) is 24.3 Å². The molecule has 1 saturated heterocycles. The van der Waals surface area contributed by atoms with Crippen molar-refractivity contribution < 1.29 is 18.0 Å². The van der Waals surface area contributed by atoms with E-state index in [0.29, 0.717) is 16.7 Å². The van der Waals surface area contributed by atoms with Gasteiger partial charge in [0, 0.05) is 23.6 Å². The number of halogens is 3. The van der Waals surface area contributed by atoms with E-state index in [1.54, 1.807) is 24.3 Å². The molecule has 1 atom stereocenters. The lowest BCUT2D eigenvalue weighted by Crippen LogP contribution is -2.35. The number of rotatable bonds is 2. The molecule has 1 fully saturated rings. The van der Waals surface area contributed by atoms with Gasteiger partial charge in [0.2, 0.25) is 5.91 Å². The summed E-state index contributed by atoms with van der Waals surface area (Å²) in [5.41, 5.74) is 0.390. The number of anilines is 1. The fourth-order valence-corrected chi connectivity index (χ4v) is 2.28.